The summed E-state index contributed by atoms with van der Waals surface area (Å²) in [7, 11) is 0. The second-order valence-corrected chi connectivity index (χ2v) is 7.56. The van der Waals surface area contributed by atoms with E-state index in [1.165, 1.54) is 0 Å². The van der Waals surface area contributed by atoms with Crippen molar-refractivity contribution >= 4 is 30.0 Å². The molecule has 0 atom stereocenters. The predicted octanol–water partition coefficient (Wildman–Crippen LogP) is 4.47. The number of hydrogen-bond donors (Lipinski definition) is 2. The summed E-state index contributed by atoms with van der Waals surface area (Å²) in [6.07, 6.45) is 1.68. The standard InChI is InChI=1S/C21H23ClN4O4.ClH/c1-13(2)12-29-21-17(22)9-16(11-24-21)20-25-19(26-30-20)15-5-3-14(4-6-15)10-23-8-7-18(27)28;/h3-6,9,11,13,23H,7-8,10,12H2,1-2H3,(H,27,28);1H. The number of hydrogen-bond acceptors (Lipinski definition) is 7. The van der Waals surface area contributed by atoms with Crippen molar-refractivity contribution < 1.29 is 19.2 Å². The van der Waals surface area contributed by atoms with E-state index >= 15 is 0 Å². The monoisotopic (exact) mass is 466 g/mol. The third-order valence-electron chi connectivity index (χ3n) is 4.09. The minimum Gasteiger partial charge on any atom is -0.481 e. The zero-order chi connectivity index (χ0) is 21.5. The zero-order valence-corrected chi connectivity index (χ0v) is 18.7. The van der Waals surface area contributed by atoms with E-state index in [1.54, 1.807) is 12.3 Å². The Balaban J connectivity index is 0.00000341. The lowest BCUT2D eigenvalue weighted by molar-refractivity contribution is -0.136. The lowest BCUT2D eigenvalue weighted by Crippen LogP contribution is -2.17. The van der Waals surface area contributed by atoms with E-state index in [2.05, 4.69) is 20.4 Å². The van der Waals surface area contributed by atoms with Crippen LogP contribution in [0.25, 0.3) is 22.8 Å². The number of halogens is 2. The Morgan fingerprint density at radius 1 is 1.26 bits per heavy atom. The number of aromatic nitrogens is 3. The van der Waals surface area contributed by atoms with Gasteiger partial charge in [-0.15, -0.1) is 12.4 Å². The molecule has 0 bridgehead atoms. The van der Waals surface area contributed by atoms with Gasteiger partial charge in [0.2, 0.25) is 11.7 Å². The third-order valence-corrected chi connectivity index (χ3v) is 4.36. The van der Waals surface area contributed by atoms with Gasteiger partial charge in [-0.25, -0.2) is 4.98 Å². The Morgan fingerprint density at radius 3 is 2.65 bits per heavy atom. The predicted molar refractivity (Wildman–Crippen MR) is 120 cm³/mol. The molecule has 10 heteroatoms. The van der Waals surface area contributed by atoms with E-state index in [9.17, 15) is 4.79 Å². The first kappa shape index (κ1) is 24.6. The summed E-state index contributed by atoms with van der Waals surface area (Å²) in [6, 6.07) is 9.32. The van der Waals surface area contributed by atoms with Gasteiger partial charge in [0.05, 0.1) is 18.6 Å². The molecule has 0 amide bonds. The summed E-state index contributed by atoms with van der Waals surface area (Å²) in [4.78, 5) is 19.2. The summed E-state index contributed by atoms with van der Waals surface area (Å²) in [5.41, 5.74) is 2.44. The van der Waals surface area contributed by atoms with Crippen molar-refractivity contribution in [2.24, 2.45) is 5.92 Å². The van der Waals surface area contributed by atoms with Crippen LogP contribution >= 0.6 is 24.0 Å². The normalized spacial score (nSPS) is 10.7. The van der Waals surface area contributed by atoms with Crippen molar-refractivity contribution in [2.75, 3.05) is 13.2 Å². The topological polar surface area (TPSA) is 110 Å². The smallest absolute Gasteiger partial charge is 0.304 e. The van der Waals surface area contributed by atoms with Gasteiger partial charge in [0.25, 0.3) is 5.89 Å². The summed E-state index contributed by atoms with van der Waals surface area (Å²) < 4.78 is 10.9. The molecule has 0 fully saturated rings. The highest BCUT2D eigenvalue weighted by molar-refractivity contribution is 6.32. The molecule has 2 heterocycles. The average molecular weight is 467 g/mol. The van der Waals surface area contributed by atoms with Crippen LogP contribution in [-0.4, -0.2) is 39.4 Å². The van der Waals surface area contributed by atoms with Crippen LogP contribution in [0.15, 0.2) is 41.1 Å². The van der Waals surface area contributed by atoms with Crippen LogP contribution in [-0.2, 0) is 11.3 Å². The Labute approximate surface area is 191 Å². The van der Waals surface area contributed by atoms with Crippen LogP contribution in [0, 0.1) is 5.92 Å². The van der Waals surface area contributed by atoms with Crippen molar-refractivity contribution in [2.45, 2.75) is 26.8 Å². The van der Waals surface area contributed by atoms with Crippen LogP contribution in [0.5, 0.6) is 5.88 Å². The molecular formula is C21H24Cl2N4O4. The highest BCUT2D eigenvalue weighted by atomic mass is 35.5. The van der Waals surface area contributed by atoms with E-state index in [1.807, 2.05) is 38.1 Å². The molecular weight excluding hydrogens is 443 g/mol. The Bertz CT molecular complexity index is 993. The van der Waals surface area contributed by atoms with Crippen LogP contribution in [0.4, 0.5) is 0 Å². The fraction of sp³-hybridized carbons (Fsp3) is 0.333. The molecule has 3 aromatic rings. The molecule has 0 saturated carbocycles. The zero-order valence-electron chi connectivity index (χ0n) is 17.2. The van der Waals surface area contributed by atoms with Gasteiger partial charge in [0.1, 0.15) is 5.02 Å². The van der Waals surface area contributed by atoms with Gasteiger partial charge >= 0.3 is 5.97 Å². The van der Waals surface area contributed by atoms with Crippen LogP contribution in [0.3, 0.4) is 0 Å². The highest BCUT2D eigenvalue weighted by Crippen LogP contribution is 2.28. The molecule has 0 unspecified atom stereocenters. The number of carbonyl (C=O) groups is 1. The molecule has 0 spiro atoms. The molecule has 0 aliphatic carbocycles. The van der Waals surface area contributed by atoms with Gasteiger partial charge in [-0.3, -0.25) is 4.79 Å². The van der Waals surface area contributed by atoms with Crippen LogP contribution in [0.1, 0.15) is 25.8 Å². The van der Waals surface area contributed by atoms with Gasteiger partial charge in [-0.1, -0.05) is 54.9 Å². The fourth-order valence-corrected chi connectivity index (χ4v) is 2.77. The Kier molecular flexibility index (Phi) is 9.23. The fourth-order valence-electron chi connectivity index (χ4n) is 2.55. The molecule has 0 aliphatic rings. The van der Waals surface area contributed by atoms with Crippen molar-refractivity contribution in [1.82, 2.24) is 20.4 Å². The molecule has 0 saturated heterocycles. The summed E-state index contributed by atoms with van der Waals surface area (Å²) in [6.45, 7) is 5.63. The second kappa shape index (κ2) is 11.6. The van der Waals surface area contributed by atoms with Crippen molar-refractivity contribution in [1.29, 1.82) is 0 Å². The van der Waals surface area contributed by atoms with Crippen molar-refractivity contribution in [3.05, 3.63) is 47.1 Å². The molecule has 2 aromatic heterocycles. The van der Waals surface area contributed by atoms with Crippen molar-refractivity contribution in [3.8, 4) is 28.7 Å². The first-order chi connectivity index (χ1) is 14.4. The van der Waals surface area contributed by atoms with Crippen LogP contribution < -0.4 is 10.1 Å². The molecule has 31 heavy (non-hydrogen) atoms. The highest BCUT2D eigenvalue weighted by Gasteiger charge is 2.14. The SMILES string of the molecule is CC(C)COc1ncc(-c2nc(-c3ccc(CNCCC(=O)O)cc3)no2)cc1Cl.Cl. The summed E-state index contributed by atoms with van der Waals surface area (Å²) in [5, 5.41) is 16.1. The number of carboxylic acid groups (broad SMARTS) is 1. The number of ether oxygens (including phenoxy) is 1. The molecule has 0 radical (unpaired) electrons. The molecule has 1 aromatic carbocycles. The van der Waals surface area contributed by atoms with Gasteiger partial charge < -0.3 is 19.7 Å². The number of pyridine rings is 1. The van der Waals surface area contributed by atoms with Crippen LogP contribution in [0.2, 0.25) is 5.02 Å². The maximum Gasteiger partial charge on any atom is 0.304 e. The number of nitrogens with zero attached hydrogens (tertiary/aromatic N) is 3. The van der Waals surface area contributed by atoms with Gasteiger partial charge in [0, 0.05) is 24.8 Å². The molecule has 8 nitrogen and oxygen atoms in total. The average Bonchev–Trinajstić information content (AvgIpc) is 3.21. The number of rotatable bonds is 10. The summed E-state index contributed by atoms with van der Waals surface area (Å²) in [5.74, 6) is 0.690. The minimum absolute atomic E-state index is 0. The number of benzene rings is 1. The lowest BCUT2D eigenvalue weighted by Gasteiger charge is -2.09. The van der Waals surface area contributed by atoms with E-state index < -0.39 is 5.97 Å². The van der Waals surface area contributed by atoms with Gasteiger partial charge in [-0.05, 0) is 17.5 Å². The number of aliphatic carboxylic acids is 1. The van der Waals surface area contributed by atoms with Gasteiger partial charge in [-0.2, -0.15) is 4.98 Å². The first-order valence-electron chi connectivity index (χ1n) is 9.56. The van der Waals surface area contributed by atoms with E-state index in [0.717, 1.165) is 11.1 Å². The molecule has 3 rings (SSSR count). The molecule has 2 N–H and O–H groups in total. The Hall–Kier alpha value is -2.68. The van der Waals surface area contributed by atoms with E-state index in [4.69, 9.17) is 26.0 Å². The lowest BCUT2D eigenvalue weighted by atomic mass is 10.1. The number of carboxylic acids is 1. The third kappa shape index (κ3) is 7.20. The molecule has 0 aliphatic heterocycles. The summed E-state index contributed by atoms with van der Waals surface area (Å²) >= 11 is 6.26. The maximum absolute atomic E-state index is 10.5. The van der Waals surface area contributed by atoms with Crippen molar-refractivity contribution in [3.63, 3.8) is 0 Å². The van der Waals surface area contributed by atoms with Gasteiger partial charge in [0.15, 0.2) is 0 Å². The molecule has 166 valence electrons. The first-order valence-corrected chi connectivity index (χ1v) is 9.94. The largest absolute Gasteiger partial charge is 0.481 e. The van der Waals surface area contributed by atoms with E-state index in [0.29, 0.717) is 53.8 Å². The minimum atomic E-state index is -0.819. The maximum atomic E-state index is 10.5. The van der Waals surface area contributed by atoms with E-state index in [-0.39, 0.29) is 18.8 Å². The second-order valence-electron chi connectivity index (χ2n) is 7.16. The number of nitrogens with one attached hydrogen (secondary N) is 1. The quantitative estimate of drug-likeness (QED) is 0.420. The Morgan fingerprint density at radius 2 is 2.00 bits per heavy atom.